The van der Waals surface area contributed by atoms with Crippen molar-refractivity contribution in [2.45, 2.75) is 13.0 Å². The Morgan fingerprint density at radius 3 is 2.75 bits per heavy atom. The first kappa shape index (κ1) is 14.8. The topological polar surface area (TPSA) is 35.8 Å². The lowest BCUT2D eigenvalue weighted by molar-refractivity contribution is 0.627. The van der Waals surface area contributed by atoms with E-state index in [2.05, 4.69) is 27.3 Å². The molecule has 2 aromatic carbocycles. The molecule has 0 heterocycles. The lowest BCUT2D eigenvalue weighted by Crippen LogP contribution is -2.08. The highest BCUT2D eigenvalue weighted by Gasteiger charge is 2.12. The molecule has 5 heteroatoms. The maximum absolute atomic E-state index is 13.2. The van der Waals surface area contributed by atoms with Crippen LogP contribution in [0.4, 0.5) is 10.1 Å². The maximum Gasteiger partial charge on any atom is 0.125 e. The molecule has 2 aromatic rings. The standard InChI is InChI=1S/C15H11BrClFN2/c1-9(11-4-2-3-10(5-11)8-19)20-15-13(16)6-12(18)7-14(15)17/h2-7,9,20H,1H3. The number of rotatable bonds is 3. The van der Waals surface area contributed by atoms with Crippen molar-refractivity contribution in [3.8, 4) is 6.07 Å². The van der Waals surface area contributed by atoms with Gasteiger partial charge in [0, 0.05) is 10.5 Å². The fourth-order valence-electron chi connectivity index (χ4n) is 1.86. The van der Waals surface area contributed by atoms with Crippen LogP contribution in [0.3, 0.4) is 0 Å². The van der Waals surface area contributed by atoms with Crippen molar-refractivity contribution in [2.75, 3.05) is 5.32 Å². The van der Waals surface area contributed by atoms with Gasteiger partial charge in [0.25, 0.3) is 0 Å². The third-order valence-electron chi connectivity index (χ3n) is 2.88. The van der Waals surface area contributed by atoms with Gasteiger partial charge in [-0.3, -0.25) is 0 Å². The lowest BCUT2D eigenvalue weighted by atomic mass is 10.1. The second-order valence-electron chi connectivity index (χ2n) is 4.35. The van der Waals surface area contributed by atoms with Crippen LogP contribution in [0, 0.1) is 17.1 Å². The van der Waals surface area contributed by atoms with Crippen molar-refractivity contribution >= 4 is 33.2 Å². The van der Waals surface area contributed by atoms with Gasteiger partial charge in [0.1, 0.15) is 5.82 Å². The van der Waals surface area contributed by atoms with Crippen LogP contribution in [0.1, 0.15) is 24.1 Å². The Morgan fingerprint density at radius 2 is 2.10 bits per heavy atom. The van der Waals surface area contributed by atoms with E-state index in [0.29, 0.717) is 20.7 Å². The molecule has 0 aliphatic heterocycles. The summed E-state index contributed by atoms with van der Waals surface area (Å²) in [6, 6.07) is 12.0. The van der Waals surface area contributed by atoms with Crippen molar-refractivity contribution < 1.29 is 4.39 Å². The normalized spacial score (nSPS) is 11.8. The summed E-state index contributed by atoms with van der Waals surface area (Å²) >= 11 is 9.33. The predicted octanol–water partition coefficient (Wildman–Crippen LogP) is 5.29. The molecule has 0 amide bonds. The van der Waals surface area contributed by atoms with Crippen LogP contribution in [0.2, 0.25) is 5.02 Å². The SMILES string of the molecule is CC(Nc1c(Cl)cc(F)cc1Br)c1cccc(C#N)c1. The van der Waals surface area contributed by atoms with Crippen LogP contribution in [0.25, 0.3) is 0 Å². The van der Waals surface area contributed by atoms with Crippen molar-refractivity contribution in [2.24, 2.45) is 0 Å². The monoisotopic (exact) mass is 352 g/mol. The van der Waals surface area contributed by atoms with Gasteiger partial charge in [-0.05, 0) is 52.7 Å². The molecular formula is C15H11BrClFN2. The molecule has 0 aliphatic carbocycles. The number of hydrogen-bond donors (Lipinski definition) is 1. The van der Waals surface area contributed by atoms with Crippen molar-refractivity contribution in [3.63, 3.8) is 0 Å². The van der Waals surface area contributed by atoms with E-state index in [1.54, 1.807) is 6.07 Å². The van der Waals surface area contributed by atoms with E-state index < -0.39 is 5.82 Å². The summed E-state index contributed by atoms with van der Waals surface area (Å²) in [7, 11) is 0. The predicted molar refractivity (Wildman–Crippen MR) is 82.3 cm³/mol. The van der Waals surface area contributed by atoms with Crippen molar-refractivity contribution in [1.29, 1.82) is 5.26 Å². The molecule has 0 bridgehead atoms. The van der Waals surface area contributed by atoms with Gasteiger partial charge in [0.15, 0.2) is 0 Å². The number of nitrogens with one attached hydrogen (secondary N) is 1. The van der Waals surface area contributed by atoms with Gasteiger partial charge in [-0.1, -0.05) is 23.7 Å². The summed E-state index contributed by atoms with van der Waals surface area (Å²) in [5, 5.41) is 12.4. The first-order chi connectivity index (χ1) is 9.51. The Bertz CT molecular complexity index is 659. The summed E-state index contributed by atoms with van der Waals surface area (Å²) in [6.45, 7) is 1.95. The second-order valence-corrected chi connectivity index (χ2v) is 5.61. The van der Waals surface area contributed by atoms with Gasteiger partial charge in [-0.25, -0.2) is 4.39 Å². The molecule has 0 radical (unpaired) electrons. The molecule has 0 saturated heterocycles. The summed E-state index contributed by atoms with van der Waals surface area (Å²) in [6.07, 6.45) is 0. The molecule has 1 atom stereocenters. The van der Waals surface area contributed by atoms with Crippen LogP contribution in [0.15, 0.2) is 40.9 Å². The van der Waals surface area contributed by atoms with Crippen molar-refractivity contribution in [3.05, 3.63) is 62.8 Å². The molecule has 2 nitrogen and oxygen atoms in total. The number of benzene rings is 2. The Morgan fingerprint density at radius 1 is 1.35 bits per heavy atom. The van der Waals surface area contributed by atoms with Gasteiger partial charge < -0.3 is 5.32 Å². The Hall–Kier alpha value is -1.57. The van der Waals surface area contributed by atoms with E-state index in [9.17, 15) is 4.39 Å². The van der Waals surface area contributed by atoms with Gasteiger partial charge in [-0.15, -0.1) is 0 Å². The fraction of sp³-hybridized carbons (Fsp3) is 0.133. The van der Waals surface area contributed by atoms with Crippen LogP contribution in [-0.2, 0) is 0 Å². The van der Waals surface area contributed by atoms with E-state index >= 15 is 0 Å². The third kappa shape index (κ3) is 3.30. The zero-order valence-corrected chi connectivity index (χ0v) is 13.0. The first-order valence-corrected chi connectivity index (χ1v) is 7.09. The summed E-state index contributed by atoms with van der Waals surface area (Å²) in [5.74, 6) is -0.397. The number of nitriles is 1. The van der Waals surface area contributed by atoms with Crippen molar-refractivity contribution in [1.82, 2.24) is 0 Å². The molecule has 0 saturated carbocycles. The van der Waals surface area contributed by atoms with Gasteiger partial charge in [-0.2, -0.15) is 5.26 Å². The van der Waals surface area contributed by atoms with E-state index in [-0.39, 0.29) is 6.04 Å². The molecule has 0 spiro atoms. The van der Waals surface area contributed by atoms with E-state index in [4.69, 9.17) is 16.9 Å². The van der Waals surface area contributed by atoms with E-state index in [0.717, 1.165) is 5.56 Å². The van der Waals surface area contributed by atoms with E-state index in [1.807, 2.05) is 25.1 Å². The van der Waals surface area contributed by atoms with Gasteiger partial charge >= 0.3 is 0 Å². The highest BCUT2D eigenvalue weighted by molar-refractivity contribution is 9.10. The summed E-state index contributed by atoms with van der Waals surface area (Å²) in [4.78, 5) is 0. The van der Waals surface area contributed by atoms with Gasteiger partial charge in [0.2, 0.25) is 0 Å². The Balaban J connectivity index is 2.28. The molecule has 1 N–H and O–H groups in total. The molecule has 1 unspecified atom stereocenters. The van der Waals surface area contributed by atoms with Crippen LogP contribution >= 0.6 is 27.5 Å². The zero-order valence-electron chi connectivity index (χ0n) is 10.6. The minimum Gasteiger partial charge on any atom is -0.376 e. The largest absolute Gasteiger partial charge is 0.376 e. The smallest absolute Gasteiger partial charge is 0.125 e. The molecule has 0 aromatic heterocycles. The fourth-order valence-corrected chi connectivity index (χ4v) is 2.78. The Kier molecular flexibility index (Phi) is 4.64. The molecule has 2 rings (SSSR count). The number of nitrogens with zero attached hydrogens (tertiary/aromatic N) is 1. The van der Waals surface area contributed by atoms with Crippen LogP contribution < -0.4 is 5.32 Å². The summed E-state index contributed by atoms with van der Waals surface area (Å²) < 4.78 is 13.8. The quantitative estimate of drug-likeness (QED) is 0.814. The minimum absolute atomic E-state index is 0.0671. The van der Waals surface area contributed by atoms with Gasteiger partial charge in [0.05, 0.1) is 22.3 Å². The lowest BCUT2D eigenvalue weighted by Gasteiger charge is -2.18. The van der Waals surface area contributed by atoms with Crippen LogP contribution in [0.5, 0.6) is 0 Å². The number of hydrogen-bond acceptors (Lipinski definition) is 2. The average molecular weight is 354 g/mol. The van der Waals surface area contributed by atoms with Crippen LogP contribution in [-0.4, -0.2) is 0 Å². The zero-order chi connectivity index (χ0) is 14.7. The van der Waals surface area contributed by atoms with E-state index in [1.165, 1.54) is 12.1 Å². The highest BCUT2D eigenvalue weighted by Crippen LogP contribution is 2.34. The summed E-state index contributed by atoms with van der Waals surface area (Å²) in [5.41, 5.74) is 2.18. The average Bonchev–Trinajstić information content (AvgIpc) is 2.42. The molecule has 0 fully saturated rings. The first-order valence-electron chi connectivity index (χ1n) is 5.92. The second kappa shape index (κ2) is 6.25. The molecule has 0 aliphatic rings. The maximum atomic E-state index is 13.2. The molecule has 20 heavy (non-hydrogen) atoms. The molecule has 102 valence electrons. The number of halogens is 3. The third-order valence-corrected chi connectivity index (χ3v) is 3.81. The Labute approximate surface area is 130 Å². The molecular weight excluding hydrogens is 343 g/mol. The minimum atomic E-state index is -0.397. The highest BCUT2D eigenvalue weighted by atomic mass is 79.9. The number of anilines is 1.